The highest BCUT2D eigenvalue weighted by molar-refractivity contribution is 6.04. The molecule has 4 rings (SSSR count). The second-order valence-electron chi connectivity index (χ2n) is 7.20. The number of likely N-dealkylation sites (N-methyl/N-ethyl adjacent to an activating group) is 1. The number of rotatable bonds is 4. The largest absolute Gasteiger partial charge is 0.497 e. The van der Waals surface area contributed by atoms with E-state index in [0.29, 0.717) is 22.6 Å². The lowest BCUT2D eigenvalue weighted by molar-refractivity contribution is -0.119. The molecule has 152 valence electrons. The third-order valence-corrected chi connectivity index (χ3v) is 5.43. The quantitative estimate of drug-likeness (QED) is 0.702. The van der Waals surface area contributed by atoms with Gasteiger partial charge in [0, 0.05) is 18.3 Å². The van der Waals surface area contributed by atoms with Crippen LogP contribution in [0.2, 0.25) is 0 Å². The van der Waals surface area contributed by atoms with E-state index in [1.807, 2.05) is 36.4 Å². The maximum Gasteiger partial charge on any atom is 0.254 e. The number of halogens is 1. The molecular weight excluding hydrogens is 383 g/mol. The Morgan fingerprint density at radius 1 is 1.00 bits per heavy atom. The summed E-state index contributed by atoms with van der Waals surface area (Å²) in [5, 5.41) is 2.87. The monoisotopic (exact) mass is 404 g/mol. The number of hydrogen-bond acceptors (Lipinski definition) is 3. The molecule has 1 aliphatic rings. The number of amides is 2. The summed E-state index contributed by atoms with van der Waals surface area (Å²) in [5.41, 5.74) is 2.48. The number of nitrogens with one attached hydrogen (secondary N) is 1. The van der Waals surface area contributed by atoms with Gasteiger partial charge >= 0.3 is 0 Å². The molecule has 3 aromatic carbocycles. The summed E-state index contributed by atoms with van der Waals surface area (Å²) in [7, 11) is 3.28. The maximum atomic E-state index is 13.4. The molecule has 0 saturated carbocycles. The van der Waals surface area contributed by atoms with Crippen molar-refractivity contribution in [2.45, 2.75) is 12.0 Å². The SMILES string of the molecule is COc1ccc([C@H]2[C@@H](C(=O)Nc3ccc(F)cc3)c3ccccc3C(=O)N2C)cc1. The lowest BCUT2D eigenvalue weighted by Gasteiger charge is -2.39. The van der Waals surface area contributed by atoms with E-state index in [0.717, 1.165) is 5.56 Å². The number of fused-ring (bicyclic) bond motifs is 1. The minimum atomic E-state index is -0.637. The van der Waals surface area contributed by atoms with Crippen LogP contribution >= 0.6 is 0 Å². The van der Waals surface area contributed by atoms with Crippen LogP contribution in [0.15, 0.2) is 72.8 Å². The van der Waals surface area contributed by atoms with Crippen LogP contribution in [-0.2, 0) is 4.79 Å². The van der Waals surface area contributed by atoms with E-state index in [9.17, 15) is 14.0 Å². The van der Waals surface area contributed by atoms with Crippen molar-refractivity contribution in [3.05, 3.63) is 95.3 Å². The van der Waals surface area contributed by atoms with Gasteiger partial charge in [-0.3, -0.25) is 9.59 Å². The summed E-state index contributed by atoms with van der Waals surface area (Å²) in [6, 6.07) is 19.6. The summed E-state index contributed by atoms with van der Waals surface area (Å²) in [5.74, 6) is -0.734. The Kier molecular flexibility index (Phi) is 5.23. The standard InChI is InChI=1S/C24H21FN2O3/c1-27-22(15-7-13-18(30-2)14-8-15)21(19-5-3-4-6-20(19)24(27)29)23(28)26-17-11-9-16(25)10-12-17/h3-14,21-22H,1-2H3,(H,26,28)/t21-,22-/m0/s1. The van der Waals surface area contributed by atoms with Crippen LogP contribution < -0.4 is 10.1 Å². The van der Waals surface area contributed by atoms with Crippen molar-refractivity contribution < 1.29 is 18.7 Å². The number of methoxy groups -OCH3 is 1. The molecule has 3 aromatic rings. The number of ether oxygens (including phenoxy) is 1. The van der Waals surface area contributed by atoms with Gasteiger partial charge in [-0.15, -0.1) is 0 Å². The molecule has 0 aliphatic carbocycles. The number of hydrogen-bond donors (Lipinski definition) is 1. The molecule has 0 fully saturated rings. The normalized spacial score (nSPS) is 18.0. The summed E-state index contributed by atoms with van der Waals surface area (Å²) >= 11 is 0. The van der Waals surface area contributed by atoms with E-state index in [1.165, 1.54) is 24.3 Å². The van der Waals surface area contributed by atoms with Gasteiger partial charge in [-0.1, -0.05) is 30.3 Å². The number of carbonyl (C=O) groups is 2. The molecule has 30 heavy (non-hydrogen) atoms. The molecule has 0 radical (unpaired) electrons. The molecule has 0 unspecified atom stereocenters. The van der Waals surface area contributed by atoms with Gasteiger partial charge in [-0.25, -0.2) is 4.39 Å². The number of nitrogens with zero attached hydrogens (tertiary/aromatic N) is 1. The summed E-state index contributed by atoms with van der Waals surface area (Å²) in [4.78, 5) is 28.0. The second kappa shape index (κ2) is 7.99. The van der Waals surface area contributed by atoms with E-state index in [1.54, 1.807) is 31.2 Å². The Bertz CT molecular complexity index is 1080. The smallest absolute Gasteiger partial charge is 0.254 e. The topological polar surface area (TPSA) is 58.6 Å². The minimum absolute atomic E-state index is 0.141. The van der Waals surface area contributed by atoms with E-state index in [-0.39, 0.29) is 17.6 Å². The van der Waals surface area contributed by atoms with Crippen molar-refractivity contribution in [2.75, 3.05) is 19.5 Å². The van der Waals surface area contributed by atoms with Crippen LogP contribution in [0.3, 0.4) is 0 Å². The third kappa shape index (κ3) is 3.52. The van der Waals surface area contributed by atoms with Crippen molar-refractivity contribution >= 4 is 17.5 Å². The molecule has 1 aliphatic heterocycles. The predicted molar refractivity (Wildman–Crippen MR) is 112 cm³/mol. The van der Waals surface area contributed by atoms with Crippen LogP contribution in [0, 0.1) is 5.82 Å². The van der Waals surface area contributed by atoms with Gasteiger partial charge in [0.25, 0.3) is 5.91 Å². The molecular formula is C24H21FN2O3. The Morgan fingerprint density at radius 3 is 2.33 bits per heavy atom. The van der Waals surface area contributed by atoms with Gasteiger partial charge in [0.2, 0.25) is 5.91 Å². The Hall–Kier alpha value is -3.67. The molecule has 0 spiro atoms. The van der Waals surface area contributed by atoms with E-state index < -0.39 is 12.0 Å². The first kappa shape index (κ1) is 19.6. The lowest BCUT2D eigenvalue weighted by atomic mass is 9.79. The Labute approximate surface area is 174 Å². The molecule has 1 N–H and O–H groups in total. The Morgan fingerprint density at radius 2 is 1.67 bits per heavy atom. The highest BCUT2D eigenvalue weighted by atomic mass is 19.1. The van der Waals surface area contributed by atoms with Crippen LogP contribution in [0.5, 0.6) is 5.75 Å². The van der Waals surface area contributed by atoms with Gasteiger partial charge in [0.15, 0.2) is 0 Å². The van der Waals surface area contributed by atoms with Crippen LogP contribution in [0.1, 0.15) is 33.4 Å². The van der Waals surface area contributed by atoms with Gasteiger partial charge in [0.05, 0.1) is 19.1 Å². The predicted octanol–water partition coefficient (Wildman–Crippen LogP) is 4.38. The maximum absolute atomic E-state index is 13.4. The number of benzene rings is 3. The van der Waals surface area contributed by atoms with Gasteiger partial charge in [-0.05, 0) is 53.6 Å². The fourth-order valence-electron chi connectivity index (χ4n) is 3.93. The fraction of sp³-hybridized carbons (Fsp3) is 0.167. The second-order valence-corrected chi connectivity index (χ2v) is 7.20. The molecule has 6 heteroatoms. The summed E-state index contributed by atoms with van der Waals surface area (Å²) < 4.78 is 18.5. The van der Waals surface area contributed by atoms with Crippen LogP contribution in [0.4, 0.5) is 10.1 Å². The average molecular weight is 404 g/mol. The third-order valence-electron chi connectivity index (χ3n) is 5.43. The lowest BCUT2D eigenvalue weighted by Crippen LogP contribution is -2.44. The van der Waals surface area contributed by atoms with Gasteiger partial charge in [-0.2, -0.15) is 0 Å². The minimum Gasteiger partial charge on any atom is -0.497 e. The first-order chi connectivity index (χ1) is 14.5. The highest BCUT2D eigenvalue weighted by Crippen LogP contribution is 2.42. The molecule has 2 atom stereocenters. The number of anilines is 1. The zero-order valence-electron chi connectivity index (χ0n) is 16.6. The van der Waals surface area contributed by atoms with Crippen LogP contribution in [-0.4, -0.2) is 30.9 Å². The van der Waals surface area contributed by atoms with Gasteiger partial charge < -0.3 is 15.0 Å². The molecule has 0 aromatic heterocycles. The van der Waals surface area contributed by atoms with Crippen molar-refractivity contribution in [1.82, 2.24) is 4.90 Å². The molecule has 2 amide bonds. The molecule has 5 nitrogen and oxygen atoms in total. The zero-order valence-corrected chi connectivity index (χ0v) is 16.6. The van der Waals surface area contributed by atoms with E-state index >= 15 is 0 Å². The van der Waals surface area contributed by atoms with Crippen molar-refractivity contribution in [1.29, 1.82) is 0 Å². The summed E-state index contributed by atoms with van der Waals surface area (Å²) in [6.07, 6.45) is 0. The van der Waals surface area contributed by atoms with Crippen molar-refractivity contribution in [2.24, 2.45) is 0 Å². The van der Waals surface area contributed by atoms with Gasteiger partial charge in [0.1, 0.15) is 11.6 Å². The average Bonchev–Trinajstić information content (AvgIpc) is 2.77. The molecule has 1 heterocycles. The highest BCUT2D eigenvalue weighted by Gasteiger charge is 2.42. The van der Waals surface area contributed by atoms with E-state index in [4.69, 9.17) is 4.74 Å². The molecule has 0 saturated heterocycles. The first-order valence-electron chi connectivity index (χ1n) is 9.56. The van der Waals surface area contributed by atoms with Crippen molar-refractivity contribution in [3.8, 4) is 5.75 Å². The number of carbonyl (C=O) groups excluding carboxylic acids is 2. The van der Waals surface area contributed by atoms with Crippen LogP contribution in [0.25, 0.3) is 0 Å². The molecule has 0 bridgehead atoms. The fourth-order valence-corrected chi connectivity index (χ4v) is 3.93. The Balaban J connectivity index is 1.78. The van der Waals surface area contributed by atoms with Crippen molar-refractivity contribution in [3.63, 3.8) is 0 Å². The first-order valence-corrected chi connectivity index (χ1v) is 9.56. The van der Waals surface area contributed by atoms with E-state index in [2.05, 4.69) is 5.32 Å². The zero-order chi connectivity index (χ0) is 21.3. The summed E-state index contributed by atoms with van der Waals surface area (Å²) in [6.45, 7) is 0.